The predicted octanol–water partition coefficient (Wildman–Crippen LogP) is 3.32. The van der Waals surface area contributed by atoms with Gasteiger partial charge < -0.3 is 15.5 Å². The predicted molar refractivity (Wildman–Crippen MR) is 113 cm³/mol. The molecule has 5 heteroatoms. The van der Waals surface area contributed by atoms with Crippen LogP contribution in [-0.4, -0.2) is 38.6 Å². The van der Waals surface area contributed by atoms with Crippen LogP contribution in [0.15, 0.2) is 53.7 Å². The molecule has 144 valence electrons. The van der Waals surface area contributed by atoms with Crippen molar-refractivity contribution in [3.8, 4) is 0 Å². The fourth-order valence-corrected chi connectivity index (χ4v) is 4.03. The number of hydrogen-bond donors (Lipinski definition) is 2. The molecule has 1 aromatic carbocycles. The van der Waals surface area contributed by atoms with Crippen LogP contribution in [0, 0.1) is 0 Å². The maximum absolute atomic E-state index is 4.47. The number of guanidine groups is 1. The first-order valence-electron chi connectivity index (χ1n) is 9.76. The first-order chi connectivity index (χ1) is 13.1. The Morgan fingerprint density at radius 3 is 2.48 bits per heavy atom. The van der Waals surface area contributed by atoms with E-state index in [4.69, 9.17) is 0 Å². The SMILES string of the molecule is CN=C(NCc1cccnc1N(C)C)NCC1(c2ccccc2)CCCC1. The van der Waals surface area contributed by atoms with E-state index in [0.717, 1.165) is 23.9 Å². The largest absolute Gasteiger partial charge is 0.362 e. The number of pyridine rings is 1. The lowest BCUT2D eigenvalue weighted by atomic mass is 9.79. The molecule has 1 aromatic heterocycles. The van der Waals surface area contributed by atoms with Crippen molar-refractivity contribution in [3.63, 3.8) is 0 Å². The van der Waals surface area contributed by atoms with E-state index in [9.17, 15) is 0 Å². The molecule has 0 aliphatic heterocycles. The molecule has 0 amide bonds. The smallest absolute Gasteiger partial charge is 0.191 e. The van der Waals surface area contributed by atoms with Crippen molar-refractivity contribution >= 4 is 11.8 Å². The number of hydrogen-bond acceptors (Lipinski definition) is 3. The van der Waals surface area contributed by atoms with Gasteiger partial charge in [-0.2, -0.15) is 0 Å². The van der Waals surface area contributed by atoms with Gasteiger partial charge in [0.15, 0.2) is 5.96 Å². The van der Waals surface area contributed by atoms with Crippen LogP contribution in [0.5, 0.6) is 0 Å². The van der Waals surface area contributed by atoms with E-state index < -0.39 is 0 Å². The molecule has 0 unspecified atom stereocenters. The second-order valence-electron chi connectivity index (χ2n) is 7.51. The van der Waals surface area contributed by atoms with Crippen LogP contribution in [0.4, 0.5) is 5.82 Å². The first kappa shape index (κ1) is 19.2. The van der Waals surface area contributed by atoms with Gasteiger partial charge in [-0.1, -0.05) is 49.2 Å². The van der Waals surface area contributed by atoms with E-state index in [1.807, 2.05) is 38.3 Å². The number of nitrogens with one attached hydrogen (secondary N) is 2. The van der Waals surface area contributed by atoms with Gasteiger partial charge in [0.2, 0.25) is 0 Å². The Morgan fingerprint density at radius 2 is 1.81 bits per heavy atom. The van der Waals surface area contributed by atoms with Gasteiger partial charge in [-0.05, 0) is 24.5 Å². The summed E-state index contributed by atoms with van der Waals surface area (Å²) in [6.45, 7) is 1.60. The number of aliphatic imine (C=N–C) groups is 1. The Labute approximate surface area is 162 Å². The number of rotatable bonds is 6. The minimum Gasteiger partial charge on any atom is -0.362 e. The highest BCUT2D eigenvalue weighted by atomic mass is 15.2. The van der Waals surface area contributed by atoms with Crippen LogP contribution in [0.1, 0.15) is 36.8 Å². The third kappa shape index (κ3) is 4.59. The summed E-state index contributed by atoms with van der Waals surface area (Å²) >= 11 is 0. The Kier molecular flexibility index (Phi) is 6.32. The number of anilines is 1. The summed E-state index contributed by atoms with van der Waals surface area (Å²) in [7, 11) is 5.86. The highest BCUT2D eigenvalue weighted by Crippen LogP contribution is 2.40. The third-order valence-electron chi connectivity index (χ3n) is 5.50. The molecule has 0 atom stereocenters. The number of aromatic nitrogens is 1. The van der Waals surface area contributed by atoms with Crippen LogP contribution >= 0.6 is 0 Å². The zero-order chi connectivity index (χ0) is 19.1. The molecular weight excluding hydrogens is 334 g/mol. The molecule has 2 N–H and O–H groups in total. The van der Waals surface area contributed by atoms with Crippen LogP contribution in [0.3, 0.4) is 0 Å². The first-order valence-corrected chi connectivity index (χ1v) is 9.76. The Bertz CT molecular complexity index is 748. The molecule has 2 aromatic rings. The van der Waals surface area contributed by atoms with Gasteiger partial charge in [0.25, 0.3) is 0 Å². The van der Waals surface area contributed by atoms with E-state index in [-0.39, 0.29) is 5.41 Å². The van der Waals surface area contributed by atoms with Gasteiger partial charge in [0.05, 0.1) is 0 Å². The van der Waals surface area contributed by atoms with Crippen molar-refractivity contribution in [2.75, 3.05) is 32.6 Å². The van der Waals surface area contributed by atoms with E-state index in [1.54, 1.807) is 0 Å². The van der Waals surface area contributed by atoms with Crippen molar-refractivity contribution in [1.82, 2.24) is 15.6 Å². The molecule has 1 aliphatic rings. The van der Waals surface area contributed by atoms with Crippen molar-refractivity contribution in [1.29, 1.82) is 0 Å². The summed E-state index contributed by atoms with van der Waals surface area (Å²) in [5, 5.41) is 7.02. The Hall–Kier alpha value is -2.56. The molecule has 0 spiro atoms. The summed E-state index contributed by atoms with van der Waals surface area (Å²) in [4.78, 5) is 10.9. The average molecular weight is 366 g/mol. The van der Waals surface area contributed by atoms with Crippen molar-refractivity contribution in [3.05, 3.63) is 59.8 Å². The van der Waals surface area contributed by atoms with Crippen LogP contribution in [0.2, 0.25) is 0 Å². The molecular formula is C22H31N5. The third-order valence-corrected chi connectivity index (χ3v) is 5.50. The molecule has 0 saturated heterocycles. The van der Waals surface area contributed by atoms with Gasteiger partial charge in [-0.25, -0.2) is 4.98 Å². The molecule has 3 rings (SSSR count). The van der Waals surface area contributed by atoms with Gasteiger partial charge in [-0.3, -0.25) is 4.99 Å². The lowest BCUT2D eigenvalue weighted by molar-refractivity contribution is 0.431. The fraction of sp³-hybridized carbons (Fsp3) is 0.455. The van der Waals surface area contributed by atoms with Crippen LogP contribution < -0.4 is 15.5 Å². The van der Waals surface area contributed by atoms with E-state index >= 15 is 0 Å². The van der Waals surface area contributed by atoms with Gasteiger partial charge in [0.1, 0.15) is 5.82 Å². The second kappa shape index (κ2) is 8.89. The topological polar surface area (TPSA) is 52.6 Å². The van der Waals surface area contributed by atoms with Gasteiger partial charge in [-0.15, -0.1) is 0 Å². The molecule has 5 nitrogen and oxygen atoms in total. The fourth-order valence-electron chi connectivity index (χ4n) is 4.03. The van der Waals surface area contributed by atoms with E-state index in [1.165, 1.54) is 31.2 Å². The average Bonchev–Trinajstić information content (AvgIpc) is 3.19. The lowest BCUT2D eigenvalue weighted by Crippen LogP contribution is -2.44. The maximum Gasteiger partial charge on any atom is 0.191 e. The highest BCUT2D eigenvalue weighted by molar-refractivity contribution is 5.80. The monoisotopic (exact) mass is 365 g/mol. The molecule has 1 aliphatic carbocycles. The zero-order valence-corrected chi connectivity index (χ0v) is 16.7. The van der Waals surface area contributed by atoms with E-state index in [2.05, 4.69) is 57.0 Å². The summed E-state index contributed by atoms with van der Waals surface area (Å²) in [5.41, 5.74) is 2.80. The zero-order valence-electron chi connectivity index (χ0n) is 16.7. The van der Waals surface area contributed by atoms with Crippen LogP contribution in [0.25, 0.3) is 0 Å². The van der Waals surface area contributed by atoms with E-state index in [0.29, 0.717) is 6.54 Å². The van der Waals surface area contributed by atoms with Gasteiger partial charge in [0, 0.05) is 51.4 Å². The van der Waals surface area contributed by atoms with Crippen LogP contribution in [-0.2, 0) is 12.0 Å². The Balaban J connectivity index is 1.64. The number of benzene rings is 1. The summed E-state index contributed by atoms with van der Waals surface area (Å²) in [5.74, 6) is 1.82. The van der Waals surface area contributed by atoms with Gasteiger partial charge >= 0.3 is 0 Å². The van der Waals surface area contributed by atoms with Crippen molar-refractivity contribution < 1.29 is 0 Å². The molecule has 0 radical (unpaired) electrons. The standard InChI is InChI=1S/C22H31N5/c1-23-21(25-16-18-10-9-15-24-20(18)27(2)3)26-17-22(13-7-8-14-22)19-11-5-4-6-12-19/h4-6,9-12,15H,7-8,13-14,16-17H2,1-3H3,(H2,23,25,26). The van der Waals surface area contributed by atoms with Crippen molar-refractivity contribution in [2.45, 2.75) is 37.6 Å². The lowest BCUT2D eigenvalue weighted by Gasteiger charge is -2.31. The number of nitrogens with zero attached hydrogens (tertiary/aromatic N) is 3. The minimum absolute atomic E-state index is 0.210. The second-order valence-corrected chi connectivity index (χ2v) is 7.51. The summed E-state index contributed by atoms with van der Waals surface area (Å²) in [6, 6.07) is 15.0. The quantitative estimate of drug-likeness (QED) is 0.609. The minimum atomic E-state index is 0.210. The molecule has 1 fully saturated rings. The highest BCUT2D eigenvalue weighted by Gasteiger charge is 2.35. The van der Waals surface area contributed by atoms with Crippen molar-refractivity contribution in [2.24, 2.45) is 4.99 Å². The molecule has 27 heavy (non-hydrogen) atoms. The Morgan fingerprint density at radius 1 is 1.07 bits per heavy atom. The molecule has 0 bridgehead atoms. The maximum atomic E-state index is 4.47. The molecule has 1 heterocycles. The summed E-state index contributed by atoms with van der Waals surface area (Å²) < 4.78 is 0. The normalized spacial score (nSPS) is 16.2. The summed E-state index contributed by atoms with van der Waals surface area (Å²) in [6.07, 6.45) is 6.88. The molecule has 1 saturated carbocycles.